The molecule has 1 aliphatic heterocycles. The molecule has 1 aromatic carbocycles. The summed E-state index contributed by atoms with van der Waals surface area (Å²) in [5.74, 6) is -0.402. The maximum atomic E-state index is 12.8. The largest absolute Gasteiger partial charge is 0.377 e. The number of benzene rings is 1. The number of carbonyl (C=O) groups excluding carboxylic acids is 1. The first-order valence-electron chi connectivity index (χ1n) is 5.66. The maximum absolute atomic E-state index is 12.8. The number of rotatable bonds is 1. The lowest BCUT2D eigenvalue weighted by atomic mass is 10.0. The van der Waals surface area contributed by atoms with E-state index in [9.17, 15) is 9.18 Å². The zero-order valence-electron chi connectivity index (χ0n) is 10.1. The van der Waals surface area contributed by atoms with Gasteiger partial charge in [0.2, 0.25) is 0 Å². The average molecular weight is 237 g/mol. The van der Waals surface area contributed by atoms with Gasteiger partial charge in [0.1, 0.15) is 5.82 Å². The van der Waals surface area contributed by atoms with Gasteiger partial charge in [0, 0.05) is 12.1 Å². The lowest BCUT2D eigenvalue weighted by molar-refractivity contribution is -0.0370. The van der Waals surface area contributed by atoms with Crippen LogP contribution in [-0.4, -0.2) is 36.1 Å². The molecule has 1 aliphatic rings. The van der Waals surface area contributed by atoms with Crippen molar-refractivity contribution >= 4 is 5.91 Å². The van der Waals surface area contributed by atoms with E-state index in [1.807, 2.05) is 13.8 Å². The van der Waals surface area contributed by atoms with Crippen LogP contribution in [0, 0.1) is 5.82 Å². The quantitative estimate of drug-likeness (QED) is 0.748. The predicted octanol–water partition coefficient (Wildman–Crippen LogP) is 2.08. The molecule has 1 heterocycles. The fraction of sp³-hybridized carbons (Fsp3) is 0.462. The first-order chi connectivity index (χ1) is 8.00. The van der Waals surface area contributed by atoms with E-state index < -0.39 is 0 Å². The summed E-state index contributed by atoms with van der Waals surface area (Å²) in [6.45, 7) is 5.58. The van der Waals surface area contributed by atoms with E-state index in [1.165, 1.54) is 24.3 Å². The standard InChI is InChI=1S/C13H16FNO2/c1-13(2)9-17-8-7-15(13)12(16)10-3-5-11(14)6-4-10/h3-6H,7-9H2,1-2H3. The molecule has 0 unspecified atom stereocenters. The molecule has 4 heteroatoms. The summed E-state index contributed by atoms with van der Waals surface area (Å²) < 4.78 is 18.2. The highest BCUT2D eigenvalue weighted by molar-refractivity contribution is 5.94. The van der Waals surface area contributed by atoms with Crippen molar-refractivity contribution in [3.05, 3.63) is 35.6 Å². The molecule has 1 aromatic rings. The molecular weight excluding hydrogens is 221 g/mol. The molecule has 0 atom stereocenters. The van der Waals surface area contributed by atoms with Crippen LogP contribution in [0.3, 0.4) is 0 Å². The van der Waals surface area contributed by atoms with Gasteiger partial charge in [-0.25, -0.2) is 4.39 Å². The zero-order chi connectivity index (χ0) is 12.5. The van der Waals surface area contributed by atoms with Crippen molar-refractivity contribution in [1.82, 2.24) is 4.90 Å². The van der Waals surface area contributed by atoms with Crippen LogP contribution >= 0.6 is 0 Å². The molecule has 0 radical (unpaired) electrons. The molecule has 17 heavy (non-hydrogen) atoms. The molecule has 92 valence electrons. The molecule has 0 aromatic heterocycles. The van der Waals surface area contributed by atoms with Gasteiger partial charge < -0.3 is 9.64 Å². The van der Waals surface area contributed by atoms with E-state index in [1.54, 1.807) is 4.90 Å². The lowest BCUT2D eigenvalue weighted by Gasteiger charge is -2.42. The molecule has 1 amide bonds. The Hall–Kier alpha value is -1.42. The van der Waals surface area contributed by atoms with Crippen molar-refractivity contribution in [3.8, 4) is 0 Å². The van der Waals surface area contributed by atoms with E-state index in [4.69, 9.17) is 4.74 Å². The lowest BCUT2D eigenvalue weighted by Crippen LogP contribution is -2.55. The van der Waals surface area contributed by atoms with Gasteiger partial charge >= 0.3 is 0 Å². The molecule has 3 nitrogen and oxygen atoms in total. The Morgan fingerprint density at radius 1 is 1.35 bits per heavy atom. The normalized spacial score (nSPS) is 19.1. The summed E-state index contributed by atoms with van der Waals surface area (Å²) >= 11 is 0. The van der Waals surface area contributed by atoms with Crippen LogP contribution in [0.15, 0.2) is 24.3 Å². The minimum absolute atomic E-state index is 0.0710. The average Bonchev–Trinajstić information content (AvgIpc) is 2.28. The molecule has 0 aliphatic carbocycles. The third-order valence-corrected chi connectivity index (χ3v) is 2.98. The number of hydrogen-bond donors (Lipinski definition) is 0. The number of ether oxygens (including phenoxy) is 1. The topological polar surface area (TPSA) is 29.5 Å². The van der Waals surface area contributed by atoms with Gasteiger partial charge in [-0.3, -0.25) is 4.79 Å². The summed E-state index contributed by atoms with van der Waals surface area (Å²) in [5.41, 5.74) is 0.199. The Bertz CT molecular complexity index is 414. The van der Waals surface area contributed by atoms with Gasteiger partial charge in [-0.05, 0) is 38.1 Å². The first kappa shape index (κ1) is 12.0. The third kappa shape index (κ3) is 2.47. The van der Waals surface area contributed by atoms with Crippen molar-refractivity contribution in [1.29, 1.82) is 0 Å². The fourth-order valence-electron chi connectivity index (χ4n) is 1.98. The van der Waals surface area contributed by atoms with Crippen molar-refractivity contribution in [2.24, 2.45) is 0 Å². The highest BCUT2D eigenvalue weighted by Crippen LogP contribution is 2.21. The van der Waals surface area contributed by atoms with E-state index in [0.29, 0.717) is 25.3 Å². The van der Waals surface area contributed by atoms with Crippen molar-refractivity contribution in [2.75, 3.05) is 19.8 Å². The Balaban J connectivity index is 2.21. The number of carbonyl (C=O) groups is 1. The van der Waals surface area contributed by atoms with E-state index in [2.05, 4.69) is 0 Å². The van der Waals surface area contributed by atoms with Crippen molar-refractivity contribution in [3.63, 3.8) is 0 Å². The van der Waals surface area contributed by atoms with Crippen LogP contribution in [0.5, 0.6) is 0 Å². The molecule has 1 saturated heterocycles. The molecule has 2 rings (SSSR count). The first-order valence-corrected chi connectivity index (χ1v) is 5.66. The predicted molar refractivity (Wildman–Crippen MR) is 62.3 cm³/mol. The number of amides is 1. The van der Waals surface area contributed by atoms with Gasteiger partial charge in [-0.1, -0.05) is 0 Å². The molecule has 0 bridgehead atoms. The van der Waals surface area contributed by atoms with E-state index >= 15 is 0 Å². The van der Waals surface area contributed by atoms with E-state index in [-0.39, 0.29) is 17.3 Å². The van der Waals surface area contributed by atoms with Crippen LogP contribution in [0.1, 0.15) is 24.2 Å². The third-order valence-electron chi connectivity index (χ3n) is 2.98. The Morgan fingerprint density at radius 3 is 2.59 bits per heavy atom. The molecule has 0 N–H and O–H groups in total. The van der Waals surface area contributed by atoms with Crippen LogP contribution in [0.2, 0.25) is 0 Å². The summed E-state index contributed by atoms with van der Waals surface area (Å²) in [6.07, 6.45) is 0. The Morgan fingerprint density at radius 2 is 2.00 bits per heavy atom. The smallest absolute Gasteiger partial charge is 0.254 e. The van der Waals surface area contributed by atoms with Crippen molar-refractivity contribution < 1.29 is 13.9 Å². The Labute approximate surface area is 100 Å². The second-order valence-corrected chi connectivity index (χ2v) is 4.83. The Kier molecular flexibility index (Phi) is 3.15. The van der Waals surface area contributed by atoms with Crippen molar-refractivity contribution in [2.45, 2.75) is 19.4 Å². The highest BCUT2D eigenvalue weighted by atomic mass is 19.1. The zero-order valence-corrected chi connectivity index (χ0v) is 10.1. The van der Waals surface area contributed by atoms with E-state index in [0.717, 1.165) is 0 Å². The van der Waals surface area contributed by atoms with Gasteiger partial charge in [0.15, 0.2) is 0 Å². The van der Waals surface area contributed by atoms with Crippen LogP contribution in [0.25, 0.3) is 0 Å². The summed E-state index contributed by atoms with van der Waals surface area (Å²) in [7, 11) is 0. The fourth-order valence-corrected chi connectivity index (χ4v) is 1.98. The summed E-state index contributed by atoms with van der Waals surface area (Å²) in [5, 5.41) is 0. The van der Waals surface area contributed by atoms with Gasteiger partial charge in [0.25, 0.3) is 5.91 Å². The molecule has 1 fully saturated rings. The SMILES string of the molecule is CC1(C)COCCN1C(=O)c1ccc(F)cc1. The summed E-state index contributed by atoms with van der Waals surface area (Å²) in [4.78, 5) is 14.1. The second kappa shape index (κ2) is 4.45. The second-order valence-electron chi connectivity index (χ2n) is 4.83. The summed E-state index contributed by atoms with van der Waals surface area (Å²) in [6, 6.07) is 5.65. The molecule has 0 saturated carbocycles. The van der Waals surface area contributed by atoms with Gasteiger partial charge in [-0.2, -0.15) is 0 Å². The van der Waals surface area contributed by atoms with Crippen LogP contribution in [0.4, 0.5) is 4.39 Å². The minimum Gasteiger partial charge on any atom is -0.377 e. The minimum atomic E-state index is -0.331. The van der Waals surface area contributed by atoms with Crippen LogP contribution in [-0.2, 0) is 4.74 Å². The monoisotopic (exact) mass is 237 g/mol. The highest BCUT2D eigenvalue weighted by Gasteiger charge is 2.34. The van der Waals surface area contributed by atoms with Gasteiger partial charge in [0.05, 0.1) is 18.8 Å². The van der Waals surface area contributed by atoms with Gasteiger partial charge in [-0.15, -0.1) is 0 Å². The number of morpholine rings is 1. The molecule has 0 spiro atoms. The number of halogens is 1. The number of nitrogens with zero attached hydrogens (tertiary/aromatic N) is 1. The van der Waals surface area contributed by atoms with Crippen LogP contribution < -0.4 is 0 Å². The molecular formula is C13H16FNO2. The number of hydrogen-bond acceptors (Lipinski definition) is 2. The maximum Gasteiger partial charge on any atom is 0.254 e.